The lowest BCUT2D eigenvalue weighted by Gasteiger charge is -2.13. The van der Waals surface area contributed by atoms with Crippen molar-refractivity contribution in [1.29, 1.82) is 0 Å². The van der Waals surface area contributed by atoms with Crippen molar-refractivity contribution in [3.05, 3.63) is 59.1 Å². The zero-order valence-corrected chi connectivity index (χ0v) is 16.4. The highest BCUT2D eigenvalue weighted by atomic mass is 35.5. The Morgan fingerprint density at radius 1 is 1.11 bits per heavy atom. The molecular formula is C20H22ClNO4S. The summed E-state index contributed by atoms with van der Waals surface area (Å²) in [6, 6.07) is 13.7. The van der Waals surface area contributed by atoms with Crippen molar-refractivity contribution in [1.82, 2.24) is 0 Å². The Hall–Kier alpha value is -1.89. The molecule has 7 heteroatoms. The molecule has 0 unspecified atom stereocenters. The number of sulfone groups is 1. The van der Waals surface area contributed by atoms with Gasteiger partial charge in [-0.3, -0.25) is 4.79 Å². The van der Waals surface area contributed by atoms with Gasteiger partial charge >= 0.3 is 0 Å². The van der Waals surface area contributed by atoms with Gasteiger partial charge in [0.15, 0.2) is 9.84 Å². The van der Waals surface area contributed by atoms with Crippen LogP contribution < -0.4 is 5.32 Å². The SMILES string of the molecule is O=C(COCc1ccccc1Cl)Nc1cccc(S(=O)(=O)C2CCCC2)c1. The molecule has 27 heavy (non-hydrogen) atoms. The average Bonchev–Trinajstić information content (AvgIpc) is 3.19. The number of anilines is 1. The predicted octanol–water partition coefficient (Wildman–Crippen LogP) is 4.21. The van der Waals surface area contributed by atoms with Gasteiger partial charge in [-0.2, -0.15) is 0 Å². The first kappa shape index (κ1) is 19.9. The highest BCUT2D eigenvalue weighted by Gasteiger charge is 2.30. The Balaban J connectivity index is 1.57. The summed E-state index contributed by atoms with van der Waals surface area (Å²) in [5.41, 5.74) is 1.25. The van der Waals surface area contributed by atoms with Crippen LogP contribution in [0, 0.1) is 0 Å². The summed E-state index contributed by atoms with van der Waals surface area (Å²) in [7, 11) is -3.35. The lowest BCUT2D eigenvalue weighted by molar-refractivity contribution is -0.121. The fourth-order valence-electron chi connectivity index (χ4n) is 3.21. The second-order valence-electron chi connectivity index (χ2n) is 6.61. The number of halogens is 1. The number of hydrogen-bond donors (Lipinski definition) is 1. The van der Waals surface area contributed by atoms with Gasteiger partial charge in [0.1, 0.15) is 6.61 Å². The summed E-state index contributed by atoms with van der Waals surface area (Å²) in [5, 5.41) is 2.95. The molecule has 1 aliphatic rings. The Labute approximate surface area is 164 Å². The third-order valence-electron chi connectivity index (χ3n) is 4.64. The Bertz CT molecular complexity index is 908. The zero-order valence-electron chi connectivity index (χ0n) is 14.9. The van der Waals surface area contributed by atoms with Crippen LogP contribution in [0.2, 0.25) is 5.02 Å². The van der Waals surface area contributed by atoms with Gasteiger partial charge < -0.3 is 10.1 Å². The molecule has 2 aromatic carbocycles. The summed E-state index contributed by atoms with van der Waals surface area (Å²) < 4.78 is 30.8. The minimum absolute atomic E-state index is 0.148. The fraction of sp³-hybridized carbons (Fsp3) is 0.350. The molecule has 0 bridgehead atoms. The molecule has 0 aliphatic heterocycles. The molecule has 144 valence electrons. The van der Waals surface area contributed by atoms with Crippen LogP contribution in [0.25, 0.3) is 0 Å². The van der Waals surface area contributed by atoms with Crippen molar-refractivity contribution in [2.75, 3.05) is 11.9 Å². The number of ether oxygens (including phenoxy) is 1. The summed E-state index contributed by atoms with van der Waals surface area (Å²) in [5.74, 6) is -0.350. The standard InChI is InChI=1S/C20H22ClNO4S/c21-19-11-4-1-6-15(19)13-26-14-20(23)22-16-7-5-10-18(12-16)27(24,25)17-8-2-3-9-17/h1,4-7,10-12,17H,2-3,8-9,13-14H2,(H,22,23). The molecule has 1 aliphatic carbocycles. The van der Waals surface area contributed by atoms with Crippen molar-refractivity contribution >= 4 is 33.0 Å². The van der Waals surface area contributed by atoms with Gasteiger partial charge in [-0.05, 0) is 42.7 Å². The minimum Gasteiger partial charge on any atom is -0.367 e. The smallest absolute Gasteiger partial charge is 0.250 e. The van der Waals surface area contributed by atoms with Gasteiger partial charge in [0.25, 0.3) is 0 Å². The van der Waals surface area contributed by atoms with Crippen LogP contribution in [-0.2, 0) is 26.0 Å². The van der Waals surface area contributed by atoms with Gasteiger partial charge in [-0.1, -0.05) is 48.7 Å². The maximum atomic E-state index is 12.7. The van der Waals surface area contributed by atoms with E-state index in [1.165, 1.54) is 6.07 Å². The van der Waals surface area contributed by atoms with E-state index in [4.69, 9.17) is 16.3 Å². The molecule has 0 atom stereocenters. The van der Waals surface area contributed by atoms with E-state index >= 15 is 0 Å². The number of rotatable bonds is 7. The largest absolute Gasteiger partial charge is 0.367 e. The molecule has 0 spiro atoms. The highest BCUT2D eigenvalue weighted by molar-refractivity contribution is 7.92. The number of amides is 1. The highest BCUT2D eigenvalue weighted by Crippen LogP contribution is 2.30. The van der Waals surface area contributed by atoms with E-state index in [0.29, 0.717) is 23.6 Å². The van der Waals surface area contributed by atoms with Gasteiger partial charge in [0.05, 0.1) is 16.8 Å². The van der Waals surface area contributed by atoms with E-state index in [1.54, 1.807) is 24.3 Å². The molecular weight excluding hydrogens is 386 g/mol. The lowest BCUT2D eigenvalue weighted by Crippen LogP contribution is -2.20. The van der Waals surface area contributed by atoms with E-state index in [0.717, 1.165) is 18.4 Å². The molecule has 1 fully saturated rings. The maximum Gasteiger partial charge on any atom is 0.250 e. The van der Waals surface area contributed by atoms with Gasteiger partial charge in [0.2, 0.25) is 5.91 Å². The van der Waals surface area contributed by atoms with E-state index < -0.39 is 9.84 Å². The van der Waals surface area contributed by atoms with E-state index in [-0.39, 0.29) is 29.3 Å². The molecule has 1 N–H and O–H groups in total. The van der Waals surface area contributed by atoms with Crippen LogP contribution in [0.4, 0.5) is 5.69 Å². The number of carbonyl (C=O) groups excluding carboxylic acids is 1. The maximum absolute atomic E-state index is 12.7. The Morgan fingerprint density at radius 3 is 2.59 bits per heavy atom. The zero-order chi connectivity index (χ0) is 19.3. The van der Waals surface area contributed by atoms with E-state index in [2.05, 4.69) is 5.32 Å². The van der Waals surface area contributed by atoms with Crippen molar-refractivity contribution in [2.45, 2.75) is 42.4 Å². The van der Waals surface area contributed by atoms with Crippen molar-refractivity contribution in [3.8, 4) is 0 Å². The van der Waals surface area contributed by atoms with E-state index in [9.17, 15) is 13.2 Å². The first-order valence-electron chi connectivity index (χ1n) is 8.92. The second-order valence-corrected chi connectivity index (χ2v) is 9.25. The summed E-state index contributed by atoms with van der Waals surface area (Å²) in [4.78, 5) is 12.3. The average molecular weight is 408 g/mol. The van der Waals surface area contributed by atoms with Crippen LogP contribution in [0.1, 0.15) is 31.2 Å². The van der Waals surface area contributed by atoms with Crippen molar-refractivity contribution in [2.24, 2.45) is 0 Å². The number of nitrogens with one attached hydrogen (secondary N) is 1. The summed E-state index contributed by atoms with van der Waals surface area (Å²) in [6.45, 7) is 0.0774. The predicted molar refractivity (Wildman–Crippen MR) is 106 cm³/mol. The molecule has 1 amide bonds. The van der Waals surface area contributed by atoms with Gasteiger partial charge in [0, 0.05) is 10.7 Å². The lowest BCUT2D eigenvalue weighted by atomic mass is 10.2. The fourth-order valence-corrected chi connectivity index (χ4v) is 5.30. The second kappa shape index (κ2) is 8.87. The Morgan fingerprint density at radius 2 is 1.85 bits per heavy atom. The summed E-state index contributed by atoms with van der Waals surface area (Å²) in [6.07, 6.45) is 3.30. The molecule has 0 radical (unpaired) electrons. The number of hydrogen-bond acceptors (Lipinski definition) is 4. The topological polar surface area (TPSA) is 72.5 Å². The first-order chi connectivity index (χ1) is 13.0. The van der Waals surface area contributed by atoms with Crippen molar-refractivity contribution in [3.63, 3.8) is 0 Å². The van der Waals surface area contributed by atoms with Crippen LogP contribution in [0.5, 0.6) is 0 Å². The molecule has 1 saturated carbocycles. The first-order valence-corrected chi connectivity index (χ1v) is 10.8. The third kappa shape index (κ3) is 5.09. The summed E-state index contributed by atoms with van der Waals surface area (Å²) >= 11 is 6.05. The third-order valence-corrected chi connectivity index (χ3v) is 7.26. The molecule has 3 rings (SSSR count). The van der Waals surface area contributed by atoms with Gasteiger partial charge in [-0.15, -0.1) is 0 Å². The van der Waals surface area contributed by atoms with Crippen LogP contribution >= 0.6 is 11.6 Å². The van der Waals surface area contributed by atoms with E-state index in [1.807, 2.05) is 18.2 Å². The minimum atomic E-state index is -3.35. The molecule has 0 saturated heterocycles. The van der Waals surface area contributed by atoms with Crippen LogP contribution in [0.15, 0.2) is 53.4 Å². The molecule has 0 aromatic heterocycles. The van der Waals surface area contributed by atoms with Crippen molar-refractivity contribution < 1.29 is 17.9 Å². The Kier molecular flexibility index (Phi) is 6.52. The van der Waals surface area contributed by atoms with Crippen LogP contribution in [-0.4, -0.2) is 26.2 Å². The normalized spacial score (nSPS) is 15.0. The molecule has 5 nitrogen and oxygen atoms in total. The number of benzene rings is 2. The number of carbonyl (C=O) groups is 1. The molecule has 2 aromatic rings. The van der Waals surface area contributed by atoms with Crippen LogP contribution in [0.3, 0.4) is 0 Å². The quantitative estimate of drug-likeness (QED) is 0.746. The molecule has 0 heterocycles. The van der Waals surface area contributed by atoms with Gasteiger partial charge in [-0.25, -0.2) is 8.42 Å². The monoisotopic (exact) mass is 407 g/mol.